The second-order valence-corrected chi connectivity index (χ2v) is 17.9. The van der Waals surface area contributed by atoms with E-state index < -0.39 is 0 Å². The first-order chi connectivity index (χ1) is 18.7. The van der Waals surface area contributed by atoms with Gasteiger partial charge in [0.05, 0.1) is 11.2 Å². The molecule has 0 aliphatic heterocycles. The van der Waals surface area contributed by atoms with Crippen LogP contribution in [0.5, 0.6) is 11.5 Å². The summed E-state index contributed by atoms with van der Waals surface area (Å²) < 4.78 is 6.70. The number of phenolic OH excluding ortho intramolecular Hbond substituents is 1. The summed E-state index contributed by atoms with van der Waals surface area (Å²) in [6.07, 6.45) is 1.59. The lowest BCUT2D eigenvalue weighted by Crippen LogP contribution is -2.20. The van der Waals surface area contributed by atoms with Crippen LogP contribution in [-0.2, 0) is 21.7 Å². The molecule has 0 saturated heterocycles. The maximum Gasteiger partial charge on any atom is 0.126 e. The number of aromatic hydroxyl groups is 1. The smallest absolute Gasteiger partial charge is 0.126 e. The predicted molar refractivity (Wildman–Crippen MR) is 180 cm³/mol. The molecule has 1 atom stereocenters. The van der Waals surface area contributed by atoms with Crippen molar-refractivity contribution in [2.75, 3.05) is 20.3 Å². The van der Waals surface area contributed by atoms with Crippen LogP contribution in [0.4, 0.5) is 0 Å². The Labute approximate surface area is 260 Å². The number of aliphatic hydroxyl groups excluding tert-OH is 2. The summed E-state index contributed by atoms with van der Waals surface area (Å²) in [7, 11) is 1.00. The Balaban J connectivity index is 0.00000411. The van der Waals surface area contributed by atoms with E-state index in [1.165, 1.54) is 20.9 Å². The summed E-state index contributed by atoms with van der Waals surface area (Å²) in [5.74, 6) is 1.43. The Kier molecular flexibility index (Phi) is 13.7. The third-order valence-electron chi connectivity index (χ3n) is 6.78. The zero-order valence-corrected chi connectivity index (χ0v) is 29.9. The number of hydrogen-bond donors (Lipinski definition) is 3. The molecule has 0 saturated carbocycles. The fourth-order valence-electron chi connectivity index (χ4n) is 4.55. The van der Waals surface area contributed by atoms with Gasteiger partial charge in [-0.1, -0.05) is 83.1 Å². The van der Waals surface area contributed by atoms with Gasteiger partial charge < -0.3 is 20.1 Å². The number of rotatable bonds is 9. The number of benzene rings is 2. The van der Waals surface area contributed by atoms with Gasteiger partial charge >= 0.3 is 0 Å². The summed E-state index contributed by atoms with van der Waals surface area (Å²) in [5, 5.41) is 27.4. The number of thioether (sulfide) groups is 2. The van der Waals surface area contributed by atoms with E-state index in [9.17, 15) is 10.2 Å². The molecule has 0 heterocycles. The summed E-state index contributed by atoms with van der Waals surface area (Å²) in [6, 6.07) is 8.99. The van der Waals surface area contributed by atoms with Gasteiger partial charge in [-0.3, -0.25) is 0 Å². The van der Waals surface area contributed by atoms with Crippen LogP contribution in [-0.4, -0.2) is 40.2 Å². The molecular formula is C35H58O4S2. The van der Waals surface area contributed by atoms with E-state index in [0.29, 0.717) is 12.4 Å². The highest BCUT2D eigenvalue weighted by molar-refractivity contribution is 8.17. The normalized spacial score (nSPS) is 13.5. The SMILES string of the molecule is CC(Sc1cc(C(C)(C)C)c(O)c(C(C)(C)C)c1)Sc1cc(C(C)(C)C)c(OCCCCO)c(C(C)(C)C)c1.CO. The monoisotopic (exact) mass is 606 g/mol. The Morgan fingerprint density at radius 2 is 0.976 bits per heavy atom. The summed E-state index contributed by atoms with van der Waals surface area (Å²) in [6.45, 7) is 29.6. The van der Waals surface area contributed by atoms with Crippen molar-refractivity contribution in [3.05, 3.63) is 46.5 Å². The number of ether oxygens (including phenoxy) is 1. The van der Waals surface area contributed by atoms with Crippen molar-refractivity contribution >= 4 is 23.5 Å². The second kappa shape index (κ2) is 14.9. The second-order valence-electron chi connectivity index (χ2n) is 14.8. The molecule has 6 heteroatoms. The molecule has 0 aliphatic carbocycles. The first-order valence-corrected chi connectivity index (χ1v) is 16.5. The average Bonchev–Trinajstić information content (AvgIpc) is 2.81. The topological polar surface area (TPSA) is 69.9 Å². The lowest BCUT2D eigenvalue weighted by atomic mass is 9.79. The van der Waals surface area contributed by atoms with Gasteiger partial charge in [0.25, 0.3) is 0 Å². The number of hydrogen-bond acceptors (Lipinski definition) is 6. The first-order valence-electron chi connectivity index (χ1n) is 14.7. The van der Waals surface area contributed by atoms with Gasteiger partial charge in [0.15, 0.2) is 0 Å². The molecule has 0 radical (unpaired) electrons. The lowest BCUT2D eigenvalue weighted by Gasteiger charge is -2.31. The van der Waals surface area contributed by atoms with Crippen molar-refractivity contribution in [3.63, 3.8) is 0 Å². The molecule has 0 spiro atoms. The van der Waals surface area contributed by atoms with Crippen molar-refractivity contribution in [1.29, 1.82) is 0 Å². The van der Waals surface area contributed by atoms with Crippen molar-refractivity contribution in [3.8, 4) is 11.5 Å². The van der Waals surface area contributed by atoms with Gasteiger partial charge in [-0.25, -0.2) is 0 Å². The first kappa shape index (κ1) is 37.7. The fraction of sp³-hybridized carbons (Fsp3) is 0.657. The Hall–Kier alpha value is -1.34. The highest BCUT2D eigenvalue weighted by atomic mass is 32.2. The summed E-state index contributed by atoms with van der Waals surface area (Å²) in [5.41, 5.74) is 4.03. The third kappa shape index (κ3) is 11.0. The Morgan fingerprint density at radius 1 is 0.634 bits per heavy atom. The molecule has 2 aromatic rings. The van der Waals surface area contributed by atoms with Crippen LogP contribution in [0.3, 0.4) is 0 Å². The molecule has 41 heavy (non-hydrogen) atoms. The summed E-state index contributed by atoms with van der Waals surface area (Å²) >= 11 is 3.74. The van der Waals surface area contributed by atoms with Crippen LogP contribution in [0.25, 0.3) is 0 Å². The highest BCUT2D eigenvalue weighted by Crippen LogP contribution is 2.47. The molecule has 0 aromatic heterocycles. The molecule has 0 aliphatic rings. The lowest BCUT2D eigenvalue weighted by molar-refractivity contribution is 0.248. The minimum atomic E-state index is -0.146. The van der Waals surface area contributed by atoms with Crippen molar-refractivity contribution in [2.45, 2.75) is 139 Å². The van der Waals surface area contributed by atoms with E-state index in [0.717, 1.165) is 36.8 Å². The van der Waals surface area contributed by atoms with Crippen LogP contribution in [0.2, 0.25) is 0 Å². The minimum Gasteiger partial charge on any atom is -0.507 e. The Bertz CT molecular complexity index is 1040. The molecular weight excluding hydrogens is 549 g/mol. The molecule has 1 unspecified atom stereocenters. The molecule has 0 fully saturated rings. The van der Waals surface area contributed by atoms with Crippen LogP contribution in [0.15, 0.2) is 34.1 Å². The molecule has 3 N–H and O–H groups in total. The van der Waals surface area contributed by atoms with Gasteiger partial charge in [0, 0.05) is 45.8 Å². The van der Waals surface area contributed by atoms with Crippen LogP contribution in [0.1, 0.15) is 125 Å². The van der Waals surface area contributed by atoms with Crippen molar-refractivity contribution in [2.24, 2.45) is 0 Å². The van der Waals surface area contributed by atoms with Gasteiger partial charge in [-0.15, -0.1) is 23.5 Å². The number of phenols is 1. The highest BCUT2D eigenvalue weighted by Gasteiger charge is 2.30. The molecule has 4 nitrogen and oxygen atoms in total. The van der Waals surface area contributed by atoms with Gasteiger partial charge in [-0.05, 0) is 65.7 Å². The average molecular weight is 607 g/mol. The molecule has 234 valence electrons. The van der Waals surface area contributed by atoms with E-state index >= 15 is 0 Å². The maximum absolute atomic E-state index is 11.1. The van der Waals surface area contributed by atoms with E-state index in [1.807, 2.05) is 23.5 Å². The Morgan fingerprint density at radius 3 is 1.29 bits per heavy atom. The predicted octanol–water partition coefficient (Wildman–Crippen LogP) is 9.57. The number of unbranched alkanes of at least 4 members (excludes halogenated alkanes) is 1. The van der Waals surface area contributed by atoms with E-state index in [4.69, 9.17) is 9.84 Å². The van der Waals surface area contributed by atoms with Crippen LogP contribution in [0, 0.1) is 0 Å². The molecule has 2 rings (SSSR count). The molecule has 0 bridgehead atoms. The maximum atomic E-state index is 11.1. The third-order valence-corrected chi connectivity index (χ3v) is 9.04. The molecule has 2 aromatic carbocycles. The van der Waals surface area contributed by atoms with Crippen LogP contribution < -0.4 is 4.74 Å². The van der Waals surface area contributed by atoms with Gasteiger partial charge in [0.1, 0.15) is 11.5 Å². The molecule has 0 amide bonds. The fourth-order valence-corrected chi connectivity index (χ4v) is 6.92. The zero-order valence-electron chi connectivity index (χ0n) is 28.3. The standard InChI is InChI=1S/C34H54O3S2.CH4O/c1-22(38-23-18-25(31(2,3)4)29(36)26(19-23)32(5,6)7)39-24-20-27(33(8,9)10)30(37-17-15-14-16-35)28(21-24)34(11,12)13;1-2/h18-22,35-36H,14-17H2,1-13H3;2H,1H3. The minimum absolute atomic E-state index is 0.0700. The largest absolute Gasteiger partial charge is 0.507 e. The van der Waals surface area contributed by atoms with E-state index in [1.54, 1.807) is 0 Å². The van der Waals surface area contributed by atoms with Crippen molar-refractivity contribution in [1.82, 2.24) is 0 Å². The quantitative estimate of drug-likeness (QED) is 0.150. The van der Waals surface area contributed by atoms with E-state index in [-0.39, 0.29) is 32.8 Å². The zero-order chi connectivity index (χ0) is 32.0. The van der Waals surface area contributed by atoms with Gasteiger partial charge in [0.2, 0.25) is 0 Å². The van der Waals surface area contributed by atoms with Gasteiger partial charge in [-0.2, -0.15) is 0 Å². The van der Waals surface area contributed by atoms with Crippen LogP contribution >= 0.6 is 23.5 Å². The summed E-state index contributed by atoms with van der Waals surface area (Å²) in [4.78, 5) is 2.44. The number of aliphatic hydroxyl groups is 2. The van der Waals surface area contributed by atoms with E-state index in [2.05, 4.69) is 114 Å². The van der Waals surface area contributed by atoms with Crippen molar-refractivity contribution < 1.29 is 20.1 Å².